The summed E-state index contributed by atoms with van der Waals surface area (Å²) in [5.74, 6) is 2.11. The summed E-state index contributed by atoms with van der Waals surface area (Å²) in [7, 11) is 0. The van der Waals surface area contributed by atoms with Gasteiger partial charge in [0, 0.05) is 32.9 Å². The fourth-order valence-electron chi connectivity index (χ4n) is 3.07. The summed E-state index contributed by atoms with van der Waals surface area (Å²) in [5.41, 5.74) is 5.48. The van der Waals surface area contributed by atoms with E-state index < -0.39 is 0 Å². The lowest BCUT2D eigenvalue weighted by molar-refractivity contribution is -0.133. The van der Waals surface area contributed by atoms with Crippen LogP contribution in [0.4, 0.5) is 0 Å². The number of rotatable bonds is 8. The number of piperidine rings is 1. The van der Waals surface area contributed by atoms with Crippen molar-refractivity contribution in [1.82, 2.24) is 15.0 Å². The summed E-state index contributed by atoms with van der Waals surface area (Å²) in [4.78, 5) is 18.6. The molecule has 0 aromatic carbocycles. The Bertz CT molecular complexity index is 461. The Balaban J connectivity index is 1.71. The first-order valence-corrected chi connectivity index (χ1v) is 8.46. The van der Waals surface area contributed by atoms with Crippen molar-refractivity contribution < 1.29 is 9.32 Å². The highest BCUT2D eigenvalue weighted by Gasteiger charge is 2.24. The molecule has 2 rings (SSSR count). The second kappa shape index (κ2) is 8.88. The Morgan fingerprint density at radius 3 is 2.91 bits per heavy atom. The number of likely N-dealkylation sites (tertiary alicyclic amines) is 1. The summed E-state index contributed by atoms with van der Waals surface area (Å²) in [6, 6.07) is 0. The van der Waals surface area contributed by atoms with Crippen molar-refractivity contribution in [2.24, 2.45) is 11.7 Å². The maximum Gasteiger partial charge on any atom is 0.223 e. The summed E-state index contributed by atoms with van der Waals surface area (Å²) >= 11 is 0. The number of hydrogen-bond acceptors (Lipinski definition) is 5. The van der Waals surface area contributed by atoms with Gasteiger partial charge in [0.1, 0.15) is 0 Å². The zero-order valence-corrected chi connectivity index (χ0v) is 13.6. The van der Waals surface area contributed by atoms with Gasteiger partial charge in [0.05, 0.1) is 0 Å². The maximum absolute atomic E-state index is 12.3. The van der Waals surface area contributed by atoms with E-state index in [1.165, 1.54) is 0 Å². The van der Waals surface area contributed by atoms with Crippen molar-refractivity contribution in [2.75, 3.05) is 19.6 Å². The van der Waals surface area contributed by atoms with E-state index in [1.54, 1.807) is 6.92 Å². The minimum Gasteiger partial charge on any atom is -0.342 e. The van der Waals surface area contributed by atoms with Gasteiger partial charge < -0.3 is 15.2 Å². The largest absolute Gasteiger partial charge is 0.342 e. The minimum absolute atomic E-state index is 0.293. The van der Waals surface area contributed by atoms with Crippen molar-refractivity contribution in [2.45, 2.75) is 58.3 Å². The van der Waals surface area contributed by atoms with E-state index in [0.717, 1.165) is 70.4 Å². The van der Waals surface area contributed by atoms with Crippen molar-refractivity contribution in [3.8, 4) is 0 Å². The third kappa shape index (κ3) is 5.40. The second-order valence-corrected chi connectivity index (χ2v) is 6.23. The van der Waals surface area contributed by atoms with E-state index in [1.807, 2.05) is 4.90 Å². The molecule has 1 unspecified atom stereocenters. The normalized spacial score (nSPS) is 18.6. The summed E-state index contributed by atoms with van der Waals surface area (Å²) < 4.78 is 5.02. The number of nitrogens with zero attached hydrogens (tertiary/aromatic N) is 3. The lowest BCUT2D eigenvalue weighted by Crippen LogP contribution is -2.40. The van der Waals surface area contributed by atoms with E-state index in [-0.39, 0.29) is 0 Å². The van der Waals surface area contributed by atoms with Gasteiger partial charge in [-0.25, -0.2) is 0 Å². The molecule has 0 aliphatic carbocycles. The van der Waals surface area contributed by atoms with Crippen molar-refractivity contribution in [1.29, 1.82) is 0 Å². The van der Waals surface area contributed by atoms with Crippen LogP contribution in [0.1, 0.15) is 56.7 Å². The van der Waals surface area contributed by atoms with Crippen LogP contribution in [0.15, 0.2) is 4.52 Å². The number of nitrogens with two attached hydrogens (primary N) is 1. The average Bonchev–Trinajstić information content (AvgIpc) is 2.92. The quantitative estimate of drug-likeness (QED) is 0.743. The fourth-order valence-corrected chi connectivity index (χ4v) is 3.07. The van der Waals surface area contributed by atoms with Gasteiger partial charge >= 0.3 is 0 Å². The molecule has 1 fully saturated rings. The minimum atomic E-state index is 0.293. The zero-order chi connectivity index (χ0) is 15.8. The molecule has 1 atom stereocenters. The number of amides is 1. The van der Waals surface area contributed by atoms with E-state index in [4.69, 9.17) is 10.3 Å². The van der Waals surface area contributed by atoms with Crippen LogP contribution >= 0.6 is 0 Å². The standard InChI is InChI=1S/C16H28N4O2/c1-13-18-15(19-22-13)11-14-7-6-10-20(12-14)16(21)8-4-2-3-5-9-17/h14H,2-12,17H2,1H3. The predicted molar refractivity (Wildman–Crippen MR) is 84.2 cm³/mol. The van der Waals surface area contributed by atoms with E-state index in [9.17, 15) is 4.79 Å². The molecular formula is C16H28N4O2. The molecule has 0 radical (unpaired) electrons. The molecule has 6 nitrogen and oxygen atoms in total. The van der Waals surface area contributed by atoms with Crippen LogP contribution in [0.5, 0.6) is 0 Å². The van der Waals surface area contributed by atoms with E-state index >= 15 is 0 Å². The number of carbonyl (C=O) groups is 1. The third-order valence-corrected chi connectivity index (χ3v) is 4.26. The number of aromatic nitrogens is 2. The van der Waals surface area contributed by atoms with Crippen molar-refractivity contribution in [3.05, 3.63) is 11.7 Å². The molecule has 6 heteroatoms. The van der Waals surface area contributed by atoms with Gasteiger partial charge in [-0.1, -0.05) is 18.0 Å². The lowest BCUT2D eigenvalue weighted by atomic mass is 9.94. The van der Waals surface area contributed by atoms with Crippen LogP contribution in [0.25, 0.3) is 0 Å². The Morgan fingerprint density at radius 1 is 1.36 bits per heavy atom. The second-order valence-electron chi connectivity index (χ2n) is 6.23. The van der Waals surface area contributed by atoms with Crippen LogP contribution in [-0.4, -0.2) is 40.6 Å². The highest BCUT2D eigenvalue weighted by molar-refractivity contribution is 5.76. The van der Waals surface area contributed by atoms with Crippen LogP contribution < -0.4 is 5.73 Å². The van der Waals surface area contributed by atoms with Gasteiger partial charge in [-0.3, -0.25) is 4.79 Å². The van der Waals surface area contributed by atoms with Gasteiger partial charge in [-0.15, -0.1) is 0 Å². The highest BCUT2D eigenvalue weighted by Crippen LogP contribution is 2.21. The fraction of sp³-hybridized carbons (Fsp3) is 0.812. The third-order valence-electron chi connectivity index (χ3n) is 4.26. The number of aryl methyl sites for hydroxylation is 1. The van der Waals surface area contributed by atoms with Gasteiger partial charge in [0.25, 0.3) is 0 Å². The molecule has 22 heavy (non-hydrogen) atoms. The molecule has 124 valence electrons. The molecule has 1 aromatic heterocycles. The molecule has 1 saturated heterocycles. The highest BCUT2D eigenvalue weighted by atomic mass is 16.5. The molecule has 2 N–H and O–H groups in total. The van der Waals surface area contributed by atoms with E-state index in [2.05, 4.69) is 10.1 Å². The molecule has 1 aliphatic heterocycles. The summed E-state index contributed by atoms with van der Waals surface area (Å²) in [6.45, 7) is 4.27. The molecular weight excluding hydrogens is 280 g/mol. The van der Waals surface area contributed by atoms with Crippen LogP contribution in [-0.2, 0) is 11.2 Å². The smallest absolute Gasteiger partial charge is 0.223 e. The topological polar surface area (TPSA) is 85.2 Å². The number of carbonyl (C=O) groups excluding carboxylic acids is 1. The maximum atomic E-state index is 12.3. The first-order chi connectivity index (χ1) is 10.7. The van der Waals surface area contributed by atoms with Gasteiger partial charge in [0.2, 0.25) is 11.8 Å². The van der Waals surface area contributed by atoms with Gasteiger partial charge in [-0.05, 0) is 38.1 Å². The molecule has 2 heterocycles. The van der Waals surface area contributed by atoms with Crippen LogP contribution in [0.3, 0.4) is 0 Å². The Kier molecular flexibility index (Phi) is 6.83. The van der Waals surface area contributed by atoms with Crippen molar-refractivity contribution >= 4 is 5.91 Å². The van der Waals surface area contributed by atoms with Gasteiger partial charge in [-0.2, -0.15) is 4.98 Å². The SMILES string of the molecule is Cc1nc(CC2CCCN(C(=O)CCCCCCN)C2)no1. The van der Waals surface area contributed by atoms with E-state index in [0.29, 0.717) is 24.1 Å². The van der Waals surface area contributed by atoms with Crippen LogP contribution in [0.2, 0.25) is 0 Å². The molecule has 1 amide bonds. The van der Waals surface area contributed by atoms with Crippen molar-refractivity contribution in [3.63, 3.8) is 0 Å². The number of hydrogen-bond donors (Lipinski definition) is 1. The van der Waals surface area contributed by atoms with Crippen LogP contribution in [0, 0.1) is 12.8 Å². The molecule has 1 aliphatic rings. The first-order valence-electron chi connectivity index (χ1n) is 8.46. The first kappa shape index (κ1) is 16.9. The monoisotopic (exact) mass is 308 g/mol. The number of unbranched alkanes of at least 4 members (excludes halogenated alkanes) is 3. The average molecular weight is 308 g/mol. The molecule has 0 spiro atoms. The van der Waals surface area contributed by atoms with Gasteiger partial charge in [0.15, 0.2) is 5.82 Å². The Hall–Kier alpha value is -1.43. The summed E-state index contributed by atoms with van der Waals surface area (Å²) in [6.07, 6.45) is 7.94. The Morgan fingerprint density at radius 2 is 2.18 bits per heavy atom. The molecule has 0 saturated carbocycles. The summed E-state index contributed by atoms with van der Waals surface area (Å²) in [5, 5.41) is 3.96. The molecule has 0 bridgehead atoms. The Labute approximate surface area is 132 Å². The lowest BCUT2D eigenvalue weighted by Gasteiger charge is -2.32. The predicted octanol–water partition coefficient (Wildman–Crippen LogP) is 2.07. The zero-order valence-electron chi connectivity index (χ0n) is 13.6. The molecule has 1 aromatic rings.